The highest BCUT2D eigenvalue weighted by Crippen LogP contribution is 2.20. The number of aryl methyl sites for hydroxylation is 1. The summed E-state index contributed by atoms with van der Waals surface area (Å²) in [7, 11) is 0. The second-order valence-electron chi connectivity index (χ2n) is 5.21. The largest absolute Gasteiger partial charge is 0.353 e. The molecule has 0 saturated heterocycles. The SMILES string of the molecule is CCC(C)(CN)C(=O)NC(C)Cc1ccc(C)s1. The lowest BCUT2D eigenvalue weighted by Gasteiger charge is -2.27. The number of carbonyl (C=O) groups excluding carboxylic acids is 1. The molecular formula is C14H24N2OS. The predicted octanol–water partition coefficient (Wildman–Crippen LogP) is 2.48. The topological polar surface area (TPSA) is 55.1 Å². The van der Waals surface area contributed by atoms with Gasteiger partial charge in [-0.25, -0.2) is 0 Å². The smallest absolute Gasteiger partial charge is 0.227 e. The van der Waals surface area contributed by atoms with E-state index in [-0.39, 0.29) is 11.9 Å². The molecule has 0 bridgehead atoms. The number of hydrogen-bond acceptors (Lipinski definition) is 3. The zero-order valence-corrected chi connectivity index (χ0v) is 12.6. The molecule has 0 saturated carbocycles. The van der Waals surface area contributed by atoms with Crippen molar-refractivity contribution in [1.29, 1.82) is 0 Å². The van der Waals surface area contributed by atoms with Crippen molar-refractivity contribution in [1.82, 2.24) is 5.32 Å². The van der Waals surface area contributed by atoms with Crippen molar-refractivity contribution in [2.75, 3.05) is 6.54 Å². The normalized spacial score (nSPS) is 16.1. The fraction of sp³-hybridized carbons (Fsp3) is 0.643. The molecule has 4 heteroatoms. The molecule has 1 heterocycles. The molecule has 2 unspecified atom stereocenters. The van der Waals surface area contributed by atoms with Crippen molar-refractivity contribution in [3.63, 3.8) is 0 Å². The Morgan fingerprint density at radius 3 is 2.67 bits per heavy atom. The molecule has 1 rings (SSSR count). The van der Waals surface area contributed by atoms with Crippen molar-refractivity contribution in [3.05, 3.63) is 21.9 Å². The molecule has 0 aliphatic rings. The molecule has 0 radical (unpaired) electrons. The van der Waals surface area contributed by atoms with Crippen molar-refractivity contribution in [2.45, 2.75) is 46.6 Å². The van der Waals surface area contributed by atoms with Crippen LogP contribution in [0, 0.1) is 12.3 Å². The molecule has 0 fully saturated rings. The highest BCUT2D eigenvalue weighted by molar-refractivity contribution is 7.11. The number of thiophene rings is 1. The highest BCUT2D eigenvalue weighted by atomic mass is 32.1. The molecule has 1 aromatic rings. The molecule has 3 nitrogen and oxygen atoms in total. The Labute approximate surface area is 114 Å². The first-order chi connectivity index (χ1) is 8.41. The van der Waals surface area contributed by atoms with Crippen molar-refractivity contribution < 1.29 is 4.79 Å². The molecule has 0 aliphatic carbocycles. The van der Waals surface area contributed by atoms with Gasteiger partial charge >= 0.3 is 0 Å². The third kappa shape index (κ3) is 3.82. The molecule has 0 aromatic carbocycles. The third-order valence-corrected chi connectivity index (χ3v) is 4.48. The lowest BCUT2D eigenvalue weighted by molar-refractivity contribution is -0.130. The fourth-order valence-electron chi connectivity index (χ4n) is 1.74. The van der Waals surface area contributed by atoms with Gasteiger partial charge in [0.1, 0.15) is 0 Å². The molecule has 1 aromatic heterocycles. The number of carbonyl (C=O) groups is 1. The van der Waals surface area contributed by atoms with E-state index in [4.69, 9.17) is 5.73 Å². The third-order valence-electron chi connectivity index (χ3n) is 3.46. The van der Waals surface area contributed by atoms with Crippen LogP contribution in [0.2, 0.25) is 0 Å². The van der Waals surface area contributed by atoms with E-state index in [1.807, 2.05) is 20.8 Å². The summed E-state index contributed by atoms with van der Waals surface area (Å²) in [6, 6.07) is 4.39. The zero-order chi connectivity index (χ0) is 13.8. The summed E-state index contributed by atoms with van der Waals surface area (Å²) in [5.41, 5.74) is 5.25. The van der Waals surface area contributed by atoms with E-state index in [1.165, 1.54) is 9.75 Å². The average molecular weight is 268 g/mol. The number of nitrogens with one attached hydrogen (secondary N) is 1. The van der Waals surface area contributed by atoms with E-state index >= 15 is 0 Å². The Morgan fingerprint density at radius 2 is 2.22 bits per heavy atom. The molecule has 102 valence electrons. The Balaban J connectivity index is 2.54. The van der Waals surface area contributed by atoms with E-state index in [2.05, 4.69) is 24.4 Å². The maximum atomic E-state index is 12.1. The maximum Gasteiger partial charge on any atom is 0.227 e. The quantitative estimate of drug-likeness (QED) is 0.833. The number of amides is 1. The first-order valence-corrected chi connectivity index (χ1v) is 7.29. The maximum absolute atomic E-state index is 12.1. The minimum Gasteiger partial charge on any atom is -0.353 e. The van der Waals surface area contributed by atoms with Crippen LogP contribution in [-0.4, -0.2) is 18.5 Å². The monoisotopic (exact) mass is 268 g/mol. The molecule has 2 atom stereocenters. The van der Waals surface area contributed by atoms with Gasteiger partial charge in [-0.2, -0.15) is 0 Å². The van der Waals surface area contributed by atoms with Gasteiger partial charge in [-0.1, -0.05) is 6.92 Å². The number of nitrogens with two attached hydrogens (primary N) is 1. The van der Waals surface area contributed by atoms with Crippen LogP contribution in [-0.2, 0) is 11.2 Å². The second-order valence-corrected chi connectivity index (χ2v) is 6.58. The predicted molar refractivity (Wildman–Crippen MR) is 77.8 cm³/mol. The summed E-state index contributed by atoms with van der Waals surface area (Å²) in [4.78, 5) is 14.8. The number of hydrogen-bond donors (Lipinski definition) is 2. The summed E-state index contributed by atoms with van der Waals surface area (Å²) >= 11 is 1.79. The molecule has 3 N–H and O–H groups in total. The van der Waals surface area contributed by atoms with Gasteiger partial charge in [-0.05, 0) is 39.3 Å². The van der Waals surface area contributed by atoms with Crippen LogP contribution in [0.3, 0.4) is 0 Å². The Kier molecular flexibility index (Phi) is 5.35. The molecule has 1 amide bonds. The summed E-state index contributed by atoms with van der Waals surface area (Å²) in [5, 5.41) is 3.07. The first-order valence-electron chi connectivity index (χ1n) is 6.47. The lowest BCUT2D eigenvalue weighted by atomic mass is 9.86. The van der Waals surface area contributed by atoms with E-state index in [0.717, 1.165) is 12.8 Å². The van der Waals surface area contributed by atoms with Gasteiger partial charge in [0.15, 0.2) is 0 Å². The molecule has 0 spiro atoms. The van der Waals surface area contributed by atoms with E-state index in [1.54, 1.807) is 11.3 Å². The molecule has 0 aliphatic heterocycles. The Morgan fingerprint density at radius 1 is 1.56 bits per heavy atom. The van der Waals surface area contributed by atoms with Crippen molar-refractivity contribution in [2.24, 2.45) is 11.1 Å². The Hall–Kier alpha value is -0.870. The van der Waals surface area contributed by atoms with Gasteiger partial charge in [0.25, 0.3) is 0 Å². The minimum absolute atomic E-state index is 0.0632. The van der Waals surface area contributed by atoms with Gasteiger partial charge in [0.05, 0.1) is 5.41 Å². The van der Waals surface area contributed by atoms with Gasteiger partial charge in [0.2, 0.25) is 5.91 Å². The average Bonchev–Trinajstić information content (AvgIpc) is 2.73. The van der Waals surface area contributed by atoms with Crippen LogP contribution in [0.25, 0.3) is 0 Å². The van der Waals surface area contributed by atoms with Crippen LogP contribution in [0.1, 0.15) is 36.9 Å². The first kappa shape index (κ1) is 15.2. The van der Waals surface area contributed by atoms with Crippen LogP contribution in [0.15, 0.2) is 12.1 Å². The van der Waals surface area contributed by atoms with E-state index < -0.39 is 5.41 Å². The van der Waals surface area contributed by atoms with E-state index in [0.29, 0.717) is 6.54 Å². The summed E-state index contributed by atoms with van der Waals surface area (Å²) in [6.07, 6.45) is 1.65. The van der Waals surface area contributed by atoms with Gasteiger partial charge in [0, 0.05) is 28.8 Å². The molecule has 18 heavy (non-hydrogen) atoms. The zero-order valence-electron chi connectivity index (χ0n) is 11.7. The highest BCUT2D eigenvalue weighted by Gasteiger charge is 2.30. The van der Waals surface area contributed by atoms with E-state index in [9.17, 15) is 4.79 Å². The van der Waals surface area contributed by atoms with Crippen molar-refractivity contribution in [3.8, 4) is 0 Å². The van der Waals surface area contributed by atoms with Crippen molar-refractivity contribution >= 4 is 17.2 Å². The summed E-state index contributed by atoms with van der Waals surface area (Å²) in [5.74, 6) is 0.0632. The van der Waals surface area contributed by atoms with Gasteiger partial charge in [-0.15, -0.1) is 11.3 Å². The Bertz CT molecular complexity index is 396. The fourth-order valence-corrected chi connectivity index (χ4v) is 2.76. The summed E-state index contributed by atoms with van der Waals surface area (Å²) < 4.78 is 0. The lowest BCUT2D eigenvalue weighted by Crippen LogP contribution is -2.47. The van der Waals surface area contributed by atoms with Crippen LogP contribution >= 0.6 is 11.3 Å². The summed E-state index contributed by atoms with van der Waals surface area (Å²) in [6.45, 7) is 8.45. The van der Waals surface area contributed by atoms with Gasteiger partial charge < -0.3 is 11.1 Å². The van der Waals surface area contributed by atoms with Crippen LogP contribution in [0.4, 0.5) is 0 Å². The van der Waals surface area contributed by atoms with Gasteiger partial charge in [-0.3, -0.25) is 4.79 Å². The standard InChI is InChI=1S/C14H24N2OS/c1-5-14(4,9-15)13(17)16-10(2)8-12-7-6-11(3)18-12/h6-7,10H,5,8-9,15H2,1-4H3,(H,16,17). The van der Waals surface area contributed by atoms with Crippen LogP contribution < -0.4 is 11.1 Å². The second kappa shape index (κ2) is 6.34. The number of rotatable bonds is 6. The minimum atomic E-state index is -0.445. The van der Waals surface area contributed by atoms with Crippen LogP contribution in [0.5, 0.6) is 0 Å². The molecular weight excluding hydrogens is 244 g/mol.